The largest absolute Gasteiger partial charge is 0.478 e. The van der Waals surface area contributed by atoms with E-state index in [1.165, 1.54) is 11.8 Å². The van der Waals surface area contributed by atoms with Gasteiger partial charge in [-0.3, -0.25) is 10.1 Å². The van der Waals surface area contributed by atoms with Gasteiger partial charge in [0, 0.05) is 24.5 Å². The molecule has 0 aliphatic carbocycles. The molecule has 0 aromatic heterocycles. The van der Waals surface area contributed by atoms with E-state index in [4.69, 9.17) is 9.84 Å². The van der Waals surface area contributed by atoms with Gasteiger partial charge < -0.3 is 9.84 Å². The summed E-state index contributed by atoms with van der Waals surface area (Å²) in [7, 11) is 0. The molecule has 0 bridgehead atoms. The SMILES string of the molecule is O=C(O)c1cc([N+](=O)[O-])c(SC2CCOCC2)cc1F. The highest BCUT2D eigenvalue weighted by atomic mass is 32.2. The molecule has 0 saturated carbocycles. The fourth-order valence-corrected chi connectivity index (χ4v) is 3.13. The van der Waals surface area contributed by atoms with Gasteiger partial charge in [0.15, 0.2) is 0 Å². The molecule has 2 rings (SSSR count). The average Bonchev–Trinajstić information content (AvgIpc) is 2.39. The van der Waals surface area contributed by atoms with Gasteiger partial charge >= 0.3 is 5.97 Å². The number of hydrogen-bond acceptors (Lipinski definition) is 5. The van der Waals surface area contributed by atoms with Crippen LogP contribution in [0.2, 0.25) is 0 Å². The number of benzene rings is 1. The summed E-state index contributed by atoms with van der Waals surface area (Å²) in [5, 5.41) is 19.9. The zero-order chi connectivity index (χ0) is 14.7. The molecule has 1 aromatic carbocycles. The Bertz CT molecular complexity index is 545. The van der Waals surface area contributed by atoms with Gasteiger partial charge in [-0.1, -0.05) is 0 Å². The van der Waals surface area contributed by atoms with Crippen LogP contribution in [-0.4, -0.2) is 34.5 Å². The van der Waals surface area contributed by atoms with Gasteiger partial charge in [-0.15, -0.1) is 11.8 Å². The highest BCUT2D eigenvalue weighted by Crippen LogP contribution is 2.37. The molecule has 1 heterocycles. The number of carbonyl (C=O) groups is 1. The molecule has 1 N–H and O–H groups in total. The number of carboxylic acids is 1. The van der Waals surface area contributed by atoms with E-state index in [-0.39, 0.29) is 15.8 Å². The van der Waals surface area contributed by atoms with Gasteiger partial charge in [-0.2, -0.15) is 0 Å². The second kappa shape index (κ2) is 6.19. The van der Waals surface area contributed by atoms with E-state index in [9.17, 15) is 19.3 Å². The van der Waals surface area contributed by atoms with Crippen molar-refractivity contribution in [2.75, 3.05) is 13.2 Å². The van der Waals surface area contributed by atoms with E-state index < -0.39 is 22.3 Å². The minimum Gasteiger partial charge on any atom is -0.478 e. The Hall–Kier alpha value is -1.67. The maximum atomic E-state index is 13.7. The Kier molecular flexibility index (Phi) is 4.56. The van der Waals surface area contributed by atoms with Crippen LogP contribution in [0.15, 0.2) is 17.0 Å². The van der Waals surface area contributed by atoms with Crippen molar-refractivity contribution in [2.24, 2.45) is 0 Å². The number of halogens is 1. The summed E-state index contributed by atoms with van der Waals surface area (Å²) in [6.45, 7) is 1.14. The molecule has 0 atom stereocenters. The molecule has 0 radical (unpaired) electrons. The Labute approximate surface area is 118 Å². The van der Waals surface area contributed by atoms with E-state index in [0.717, 1.165) is 25.0 Å². The zero-order valence-electron chi connectivity index (χ0n) is 10.4. The molecule has 0 amide bonds. The van der Waals surface area contributed by atoms with Gasteiger partial charge in [0.2, 0.25) is 0 Å². The van der Waals surface area contributed by atoms with E-state index in [1.54, 1.807) is 0 Å². The molecule has 6 nitrogen and oxygen atoms in total. The Morgan fingerprint density at radius 1 is 1.45 bits per heavy atom. The third-order valence-electron chi connectivity index (χ3n) is 2.94. The normalized spacial score (nSPS) is 16.1. The molecule has 1 saturated heterocycles. The number of nitrogens with zero attached hydrogens (tertiary/aromatic N) is 1. The third-order valence-corrected chi connectivity index (χ3v) is 4.32. The number of rotatable bonds is 4. The second-order valence-electron chi connectivity index (χ2n) is 4.29. The number of nitro benzene ring substituents is 1. The second-order valence-corrected chi connectivity index (χ2v) is 5.63. The molecule has 1 aliphatic rings. The summed E-state index contributed by atoms with van der Waals surface area (Å²) >= 11 is 1.20. The molecule has 0 unspecified atom stereocenters. The van der Waals surface area contributed by atoms with Gasteiger partial charge in [-0.25, -0.2) is 9.18 Å². The standard InChI is InChI=1S/C12H12FNO5S/c13-9-6-11(20-7-1-3-19-4-2-7)10(14(17)18)5-8(9)12(15)16/h5-7H,1-4H2,(H,15,16). The topological polar surface area (TPSA) is 89.7 Å². The first-order valence-corrected chi connectivity index (χ1v) is 6.82. The fourth-order valence-electron chi connectivity index (χ4n) is 1.92. The minimum atomic E-state index is -1.52. The summed E-state index contributed by atoms with van der Waals surface area (Å²) in [5.74, 6) is -2.48. The van der Waals surface area contributed by atoms with Crippen LogP contribution in [0, 0.1) is 15.9 Å². The van der Waals surface area contributed by atoms with Crippen LogP contribution in [0.1, 0.15) is 23.2 Å². The Morgan fingerprint density at radius 3 is 2.65 bits per heavy atom. The zero-order valence-corrected chi connectivity index (χ0v) is 11.2. The molecule has 1 aliphatic heterocycles. The third kappa shape index (κ3) is 3.26. The van der Waals surface area contributed by atoms with Crippen molar-refractivity contribution in [1.29, 1.82) is 0 Å². The van der Waals surface area contributed by atoms with E-state index in [1.807, 2.05) is 0 Å². The van der Waals surface area contributed by atoms with Crippen molar-refractivity contribution >= 4 is 23.4 Å². The molecule has 1 fully saturated rings. The fraction of sp³-hybridized carbons (Fsp3) is 0.417. The number of carboxylic acid groups (broad SMARTS) is 1. The summed E-state index contributed by atoms with van der Waals surface area (Å²) in [6, 6.07) is 1.71. The molecule has 0 spiro atoms. The molecular weight excluding hydrogens is 289 g/mol. The van der Waals surface area contributed by atoms with Crippen LogP contribution >= 0.6 is 11.8 Å². The number of hydrogen-bond donors (Lipinski definition) is 1. The van der Waals surface area contributed by atoms with Crippen LogP contribution in [0.3, 0.4) is 0 Å². The van der Waals surface area contributed by atoms with Crippen molar-refractivity contribution in [3.05, 3.63) is 33.6 Å². The van der Waals surface area contributed by atoms with Crippen LogP contribution < -0.4 is 0 Å². The predicted molar refractivity (Wildman–Crippen MR) is 69.7 cm³/mol. The van der Waals surface area contributed by atoms with E-state index >= 15 is 0 Å². The van der Waals surface area contributed by atoms with Crippen molar-refractivity contribution in [3.63, 3.8) is 0 Å². The molecular formula is C12H12FNO5S. The number of nitro groups is 1. The van der Waals surface area contributed by atoms with Gasteiger partial charge in [-0.05, 0) is 18.9 Å². The van der Waals surface area contributed by atoms with Crippen molar-refractivity contribution in [2.45, 2.75) is 23.0 Å². The number of ether oxygens (including phenoxy) is 1. The predicted octanol–water partition coefficient (Wildman–Crippen LogP) is 2.70. The first-order chi connectivity index (χ1) is 9.49. The van der Waals surface area contributed by atoms with Gasteiger partial charge in [0.25, 0.3) is 5.69 Å². The monoisotopic (exact) mass is 301 g/mol. The first-order valence-electron chi connectivity index (χ1n) is 5.94. The summed E-state index contributed by atoms with van der Waals surface area (Å²) < 4.78 is 18.8. The van der Waals surface area contributed by atoms with E-state index in [0.29, 0.717) is 13.2 Å². The first kappa shape index (κ1) is 14.7. The van der Waals surface area contributed by atoms with Crippen molar-refractivity contribution in [1.82, 2.24) is 0 Å². The van der Waals surface area contributed by atoms with Gasteiger partial charge in [0.1, 0.15) is 11.4 Å². The lowest BCUT2D eigenvalue weighted by molar-refractivity contribution is -0.387. The van der Waals surface area contributed by atoms with Crippen molar-refractivity contribution in [3.8, 4) is 0 Å². The highest BCUT2D eigenvalue weighted by Gasteiger charge is 2.25. The average molecular weight is 301 g/mol. The van der Waals surface area contributed by atoms with Crippen LogP contribution in [0.5, 0.6) is 0 Å². The number of thioether (sulfide) groups is 1. The summed E-state index contributed by atoms with van der Waals surface area (Å²) in [6.07, 6.45) is 1.45. The lowest BCUT2D eigenvalue weighted by Gasteiger charge is -2.21. The van der Waals surface area contributed by atoms with E-state index in [2.05, 4.69) is 0 Å². The maximum absolute atomic E-state index is 13.7. The van der Waals surface area contributed by atoms with Crippen molar-refractivity contribution < 1.29 is 24.0 Å². The Balaban J connectivity index is 2.33. The summed E-state index contributed by atoms with van der Waals surface area (Å²) in [5.41, 5.74) is -1.06. The summed E-state index contributed by atoms with van der Waals surface area (Å²) in [4.78, 5) is 21.3. The molecule has 20 heavy (non-hydrogen) atoms. The minimum absolute atomic E-state index is 0.109. The van der Waals surface area contributed by atoms with Crippen LogP contribution in [0.25, 0.3) is 0 Å². The molecule has 108 valence electrons. The van der Waals surface area contributed by atoms with Gasteiger partial charge in [0.05, 0.1) is 9.82 Å². The lowest BCUT2D eigenvalue weighted by Crippen LogP contribution is -2.17. The smallest absolute Gasteiger partial charge is 0.338 e. The number of aromatic carboxylic acids is 1. The van der Waals surface area contributed by atoms with Crippen LogP contribution in [0.4, 0.5) is 10.1 Å². The lowest BCUT2D eigenvalue weighted by atomic mass is 10.2. The molecule has 8 heteroatoms. The van der Waals surface area contributed by atoms with Crippen LogP contribution in [-0.2, 0) is 4.74 Å². The maximum Gasteiger partial charge on any atom is 0.338 e. The Morgan fingerprint density at radius 2 is 2.10 bits per heavy atom. The quantitative estimate of drug-likeness (QED) is 0.679. The highest BCUT2D eigenvalue weighted by molar-refractivity contribution is 8.00. The molecule has 1 aromatic rings.